The number of nitrogens with one attached hydrogen (secondary N) is 2. The monoisotopic (exact) mass is 463 g/mol. The molecule has 0 radical (unpaired) electrons. The molecule has 0 aliphatic carbocycles. The number of esters is 1. The summed E-state index contributed by atoms with van der Waals surface area (Å²) in [6.07, 6.45) is 1.27. The lowest BCUT2D eigenvalue weighted by atomic mass is 9.92. The Hall–Kier alpha value is -3.61. The highest BCUT2D eigenvalue weighted by molar-refractivity contribution is 6.07. The Kier molecular flexibility index (Phi) is 7.76. The van der Waals surface area contributed by atoms with Gasteiger partial charge in [0.25, 0.3) is 5.91 Å². The quantitative estimate of drug-likeness (QED) is 0.410. The minimum absolute atomic E-state index is 0.0423. The minimum Gasteiger partial charge on any atom is -0.462 e. The lowest BCUT2D eigenvalue weighted by molar-refractivity contribution is -0.117. The van der Waals surface area contributed by atoms with Gasteiger partial charge in [-0.2, -0.15) is 0 Å². The number of nitrogens with zero attached hydrogens (tertiary/aromatic N) is 1. The molecule has 0 saturated heterocycles. The number of carbonyl (C=O) groups is 3. The molecule has 0 aliphatic heterocycles. The number of amides is 2. The van der Waals surface area contributed by atoms with Crippen LogP contribution in [-0.4, -0.2) is 29.0 Å². The lowest BCUT2D eigenvalue weighted by Crippen LogP contribution is -2.19. The van der Waals surface area contributed by atoms with Crippen molar-refractivity contribution >= 4 is 40.1 Å². The summed E-state index contributed by atoms with van der Waals surface area (Å²) in [5, 5.41) is 6.71. The highest BCUT2D eigenvalue weighted by atomic mass is 16.5. The number of aryl methyl sites for hydroxylation is 1. The van der Waals surface area contributed by atoms with Gasteiger partial charge in [-0.1, -0.05) is 33.8 Å². The largest absolute Gasteiger partial charge is 0.462 e. The maximum absolute atomic E-state index is 13.2. The third-order valence-electron chi connectivity index (χ3n) is 5.19. The summed E-state index contributed by atoms with van der Waals surface area (Å²) in [6, 6.07) is 14.2. The topological polar surface area (TPSA) is 89.4 Å². The summed E-state index contributed by atoms with van der Waals surface area (Å²) in [4.78, 5) is 37.6. The summed E-state index contributed by atoms with van der Waals surface area (Å²) < 4.78 is 7.02. The third-order valence-corrected chi connectivity index (χ3v) is 5.19. The van der Waals surface area contributed by atoms with Crippen molar-refractivity contribution in [2.45, 2.75) is 54.0 Å². The Labute approximate surface area is 200 Å². The summed E-state index contributed by atoms with van der Waals surface area (Å²) in [5.74, 6) is -0.747. The molecule has 3 aromatic rings. The maximum atomic E-state index is 13.2. The van der Waals surface area contributed by atoms with Crippen molar-refractivity contribution in [3.8, 4) is 0 Å². The summed E-state index contributed by atoms with van der Waals surface area (Å²) in [6.45, 7) is 10.8. The molecule has 0 aliphatic rings. The predicted octanol–water partition coefficient (Wildman–Crippen LogP) is 5.86. The third kappa shape index (κ3) is 6.25. The second-order valence-corrected chi connectivity index (χ2v) is 9.50. The second-order valence-electron chi connectivity index (χ2n) is 9.50. The molecule has 0 bridgehead atoms. The first-order valence-corrected chi connectivity index (χ1v) is 11.6. The molecular formula is C27H33N3O4. The Morgan fingerprint density at radius 2 is 1.68 bits per heavy atom. The normalized spacial score (nSPS) is 11.3. The number of anilines is 2. The standard InChI is InChI=1S/C27H33N3O4/c1-6-13-30-22-12-11-21(28-24(31)17-27(3,4)5)15-19(22)16-23(30)25(32)29-20-10-8-9-18(14-20)26(33)34-7-2/h8-12,14-16H,6-7,13,17H2,1-5H3,(H,28,31)(H,29,32). The van der Waals surface area contributed by atoms with Gasteiger partial charge >= 0.3 is 5.97 Å². The van der Waals surface area contributed by atoms with E-state index >= 15 is 0 Å². The van der Waals surface area contributed by atoms with Crippen LogP contribution in [-0.2, 0) is 16.1 Å². The fourth-order valence-corrected chi connectivity index (χ4v) is 3.82. The second kappa shape index (κ2) is 10.5. The Balaban J connectivity index is 1.87. The van der Waals surface area contributed by atoms with Crippen molar-refractivity contribution in [3.05, 3.63) is 59.8 Å². The molecule has 2 aromatic carbocycles. The van der Waals surface area contributed by atoms with E-state index in [0.29, 0.717) is 35.6 Å². The van der Waals surface area contributed by atoms with Gasteiger partial charge in [-0.05, 0) is 61.2 Å². The van der Waals surface area contributed by atoms with E-state index in [1.165, 1.54) is 0 Å². The molecule has 1 heterocycles. The minimum atomic E-state index is -0.431. The fourth-order valence-electron chi connectivity index (χ4n) is 3.82. The van der Waals surface area contributed by atoms with Crippen molar-refractivity contribution in [2.24, 2.45) is 5.41 Å². The highest BCUT2D eigenvalue weighted by Gasteiger charge is 2.19. The predicted molar refractivity (Wildman–Crippen MR) is 135 cm³/mol. The molecule has 7 heteroatoms. The van der Waals surface area contributed by atoms with Crippen molar-refractivity contribution in [3.63, 3.8) is 0 Å². The van der Waals surface area contributed by atoms with E-state index in [2.05, 4.69) is 17.6 Å². The van der Waals surface area contributed by atoms with E-state index < -0.39 is 5.97 Å². The van der Waals surface area contributed by atoms with Gasteiger partial charge in [0.2, 0.25) is 5.91 Å². The maximum Gasteiger partial charge on any atom is 0.338 e. The van der Waals surface area contributed by atoms with E-state index in [0.717, 1.165) is 17.3 Å². The average Bonchev–Trinajstić information content (AvgIpc) is 3.11. The number of hydrogen-bond donors (Lipinski definition) is 2. The van der Waals surface area contributed by atoms with Crippen LogP contribution in [0.15, 0.2) is 48.5 Å². The molecule has 0 atom stereocenters. The number of hydrogen-bond acceptors (Lipinski definition) is 4. The van der Waals surface area contributed by atoms with Gasteiger partial charge in [-0.3, -0.25) is 9.59 Å². The smallest absolute Gasteiger partial charge is 0.338 e. The molecule has 1 aromatic heterocycles. The summed E-state index contributed by atoms with van der Waals surface area (Å²) >= 11 is 0. The molecular weight excluding hydrogens is 430 g/mol. The van der Waals surface area contributed by atoms with E-state index in [1.54, 1.807) is 31.2 Å². The number of aromatic nitrogens is 1. The number of rotatable bonds is 8. The first-order chi connectivity index (χ1) is 16.1. The van der Waals surface area contributed by atoms with E-state index in [1.807, 2.05) is 49.6 Å². The fraction of sp³-hybridized carbons (Fsp3) is 0.370. The van der Waals surface area contributed by atoms with Crippen LogP contribution >= 0.6 is 0 Å². The number of benzene rings is 2. The first kappa shape index (κ1) is 25.0. The van der Waals surface area contributed by atoms with Crippen molar-refractivity contribution < 1.29 is 19.1 Å². The zero-order valence-electron chi connectivity index (χ0n) is 20.5. The zero-order valence-corrected chi connectivity index (χ0v) is 20.5. The summed E-state index contributed by atoms with van der Waals surface area (Å²) in [5.41, 5.74) is 2.92. The van der Waals surface area contributed by atoms with Crippen LogP contribution in [0.5, 0.6) is 0 Å². The number of ether oxygens (including phenoxy) is 1. The van der Waals surface area contributed by atoms with Crippen LogP contribution in [0.25, 0.3) is 10.9 Å². The van der Waals surface area contributed by atoms with Crippen LogP contribution < -0.4 is 10.6 Å². The van der Waals surface area contributed by atoms with Crippen LogP contribution in [0.2, 0.25) is 0 Å². The van der Waals surface area contributed by atoms with Crippen LogP contribution in [0, 0.1) is 5.41 Å². The van der Waals surface area contributed by atoms with Crippen molar-refractivity contribution in [1.29, 1.82) is 0 Å². The van der Waals surface area contributed by atoms with Gasteiger partial charge in [-0.25, -0.2) is 4.79 Å². The number of carbonyl (C=O) groups excluding carboxylic acids is 3. The van der Waals surface area contributed by atoms with Gasteiger partial charge in [0, 0.05) is 35.2 Å². The molecule has 2 N–H and O–H groups in total. The van der Waals surface area contributed by atoms with Gasteiger partial charge in [0.1, 0.15) is 5.69 Å². The first-order valence-electron chi connectivity index (χ1n) is 11.6. The Morgan fingerprint density at radius 1 is 0.941 bits per heavy atom. The molecule has 0 spiro atoms. The Morgan fingerprint density at radius 3 is 2.35 bits per heavy atom. The lowest BCUT2D eigenvalue weighted by Gasteiger charge is -2.17. The van der Waals surface area contributed by atoms with E-state index in [4.69, 9.17) is 4.74 Å². The average molecular weight is 464 g/mol. The van der Waals surface area contributed by atoms with Crippen LogP contribution in [0.4, 0.5) is 11.4 Å². The number of fused-ring (bicyclic) bond motifs is 1. The molecule has 0 unspecified atom stereocenters. The molecule has 7 nitrogen and oxygen atoms in total. The van der Waals surface area contributed by atoms with Crippen molar-refractivity contribution in [1.82, 2.24) is 4.57 Å². The molecule has 0 saturated carbocycles. The van der Waals surface area contributed by atoms with Crippen LogP contribution in [0.1, 0.15) is 68.3 Å². The molecule has 180 valence electrons. The molecule has 3 rings (SSSR count). The van der Waals surface area contributed by atoms with Gasteiger partial charge in [0.15, 0.2) is 0 Å². The SMILES string of the molecule is CCCn1c(C(=O)Nc2cccc(C(=O)OCC)c2)cc2cc(NC(=O)CC(C)(C)C)ccc21. The van der Waals surface area contributed by atoms with E-state index in [9.17, 15) is 14.4 Å². The highest BCUT2D eigenvalue weighted by Crippen LogP contribution is 2.26. The molecule has 34 heavy (non-hydrogen) atoms. The summed E-state index contributed by atoms with van der Waals surface area (Å²) in [7, 11) is 0. The zero-order chi connectivity index (χ0) is 24.9. The van der Waals surface area contributed by atoms with Gasteiger partial charge in [-0.15, -0.1) is 0 Å². The molecule has 0 fully saturated rings. The van der Waals surface area contributed by atoms with Gasteiger partial charge in [0.05, 0.1) is 12.2 Å². The molecule has 2 amide bonds. The van der Waals surface area contributed by atoms with Crippen molar-refractivity contribution in [2.75, 3.05) is 17.2 Å². The Bertz CT molecular complexity index is 1200. The van der Waals surface area contributed by atoms with Gasteiger partial charge < -0.3 is 19.9 Å². The van der Waals surface area contributed by atoms with E-state index in [-0.39, 0.29) is 23.8 Å². The van der Waals surface area contributed by atoms with Crippen LogP contribution in [0.3, 0.4) is 0 Å².